The number of benzene rings is 1. The number of hydrogen-bond donors (Lipinski definition) is 0. The Morgan fingerprint density at radius 3 is 2.78 bits per heavy atom. The molecule has 2 atom stereocenters. The lowest BCUT2D eigenvalue weighted by molar-refractivity contribution is -0.108. The van der Waals surface area contributed by atoms with Crippen molar-refractivity contribution < 1.29 is 4.74 Å². The SMILES string of the molecule is N#CC1([C@H]2CC[C@@H](c3cccc(Cl)c3)C2)COC1. The molecule has 2 aliphatic rings. The third kappa shape index (κ3) is 1.92. The standard InChI is InChI=1S/C15H16ClNO/c16-14-3-1-2-11(7-14)12-4-5-13(6-12)15(8-17)9-18-10-15/h1-3,7,12-13H,4-6,9-10H2/t12-,13+/m1/s1. The van der Waals surface area contributed by atoms with Gasteiger partial charge in [-0.15, -0.1) is 0 Å². The average molecular weight is 262 g/mol. The van der Waals surface area contributed by atoms with Crippen molar-refractivity contribution in [1.82, 2.24) is 0 Å². The molecule has 1 aromatic rings. The van der Waals surface area contributed by atoms with Crippen molar-refractivity contribution in [2.75, 3.05) is 13.2 Å². The van der Waals surface area contributed by atoms with Crippen LogP contribution in [-0.2, 0) is 4.74 Å². The Morgan fingerprint density at radius 2 is 2.17 bits per heavy atom. The van der Waals surface area contributed by atoms with Gasteiger partial charge in [0.05, 0.1) is 19.3 Å². The van der Waals surface area contributed by atoms with Gasteiger partial charge in [-0.05, 0) is 48.8 Å². The van der Waals surface area contributed by atoms with Gasteiger partial charge in [0, 0.05) is 5.02 Å². The first-order valence-corrected chi connectivity index (χ1v) is 6.86. The topological polar surface area (TPSA) is 33.0 Å². The van der Waals surface area contributed by atoms with E-state index in [9.17, 15) is 5.26 Å². The minimum Gasteiger partial charge on any atom is -0.378 e. The summed E-state index contributed by atoms with van der Waals surface area (Å²) in [6, 6.07) is 10.6. The maximum atomic E-state index is 9.35. The van der Waals surface area contributed by atoms with Crippen LogP contribution < -0.4 is 0 Å². The van der Waals surface area contributed by atoms with E-state index >= 15 is 0 Å². The summed E-state index contributed by atoms with van der Waals surface area (Å²) in [6.45, 7) is 1.24. The third-order valence-corrected chi connectivity index (χ3v) is 4.71. The van der Waals surface area contributed by atoms with E-state index < -0.39 is 0 Å². The molecule has 1 aromatic carbocycles. The zero-order valence-electron chi connectivity index (χ0n) is 10.2. The lowest BCUT2D eigenvalue weighted by Crippen LogP contribution is -2.46. The first-order valence-electron chi connectivity index (χ1n) is 6.48. The van der Waals surface area contributed by atoms with Crippen LogP contribution in [0.25, 0.3) is 0 Å². The molecule has 1 aliphatic heterocycles. The summed E-state index contributed by atoms with van der Waals surface area (Å²) in [5.41, 5.74) is 1.12. The van der Waals surface area contributed by atoms with Crippen LogP contribution in [0.2, 0.25) is 5.02 Å². The zero-order valence-corrected chi connectivity index (χ0v) is 11.0. The largest absolute Gasteiger partial charge is 0.378 e. The van der Waals surface area contributed by atoms with Gasteiger partial charge in [-0.3, -0.25) is 0 Å². The van der Waals surface area contributed by atoms with Crippen LogP contribution >= 0.6 is 11.6 Å². The summed E-state index contributed by atoms with van der Waals surface area (Å²) in [6.07, 6.45) is 3.39. The number of nitriles is 1. The fourth-order valence-corrected chi connectivity index (χ4v) is 3.46. The van der Waals surface area contributed by atoms with Crippen LogP contribution in [0, 0.1) is 22.7 Å². The minimum atomic E-state index is -0.201. The lowest BCUT2D eigenvalue weighted by Gasteiger charge is -2.40. The molecule has 0 N–H and O–H groups in total. The Hall–Kier alpha value is -1.04. The maximum absolute atomic E-state index is 9.35. The van der Waals surface area contributed by atoms with E-state index in [-0.39, 0.29) is 5.41 Å². The van der Waals surface area contributed by atoms with Crippen molar-refractivity contribution >= 4 is 11.6 Å². The molecule has 3 rings (SSSR count). The second-order valence-electron chi connectivity index (χ2n) is 5.52. The maximum Gasteiger partial charge on any atom is 0.107 e. The van der Waals surface area contributed by atoms with E-state index in [1.54, 1.807) is 0 Å². The number of nitrogens with zero attached hydrogens (tertiary/aromatic N) is 1. The van der Waals surface area contributed by atoms with Crippen LogP contribution in [-0.4, -0.2) is 13.2 Å². The smallest absolute Gasteiger partial charge is 0.107 e. The van der Waals surface area contributed by atoms with Crippen LogP contribution in [0.1, 0.15) is 30.7 Å². The van der Waals surface area contributed by atoms with Gasteiger partial charge in [-0.1, -0.05) is 23.7 Å². The Bertz CT molecular complexity index is 490. The Kier molecular flexibility index (Phi) is 3.05. The van der Waals surface area contributed by atoms with Crippen LogP contribution in [0.15, 0.2) is 24.3 Å². The molecule has 0 unspecified atom stereocenters. The zero-order chi connectivity index (χ0) is 12.6. The fraction of sp³-hybridized carbons (Fsp3) is 0.533. The van der Waals surface area contributed by atoms with Gasteiger partial charge in [-0.25, -0.2) is 0 Å². The molecular weight excluding hydrogens is 246 g/mol. The summed E-state index contributed by atoms with van der Waals surface area (Å²) in [5.74, 6) is 1.04. The fourth-order valence-electron chi connectivity index (χ4n) is 3.26. The molecule has 2 fully saturated rings. The highest BCUT2D eigenvalue weighted by molar-refractivity contribution is 6.30. The van der Waals surface area contributed by atoms with E-state index in [4.69, 9.17) is 16.3 Å². The van der Waals surface area contributed by atoms with Gasteiger partial charge < -0.3 is 4.74 Å². The third-order valence-electron chi connectivity index (χ3n) is 4.48. The molecule has 0 spiro atoms. The van der Waals surface area contributed by atoms with E-state index in [0.717, 1.165) is 24.3 Å². The van der Waals surface area contributed by atoms with Crippen LogP contribution in [0.3, 0.4) is 0 Å². The van der Waals surface area contributed by atoms with Crippen molar-refractivity contribution in [2.45, 2.75) is 25.2 Å². The molecule has 2 nitrogen and oxygen atoms in total. The Labute approximate surface area is 113 Å². The average Bonchev–Trinajstić information content (AvgIpc) is 2.78. The number of ether oxygens (including phenoxy) is 1. The van der Waals surface area contributed by atoms with Crippen LogP contribution in [0.5, 0.6) is 0 Å². The van der Waals surface area contributed by atoms with Crippen molar-refractivity contribution in [2.24, 2.45) is 11.3 Å². The lowest BCUT2D eigenvalue weighted by atomic mass is 9.73. The summed E-state index contributed by atoms with van der Waals surface area (Å²) in [7, 11) is 0. The summed E-state index contributed by atoms with van der Waals surface area (Å²) in [5, 5.41) is 10.2. The van der Waals surface area contributed by atoms with Gasteiger partial charge in [0.25, 0.3) is 0 Å². The Balaban J connectivity index is 1.74. The van der Waals surface area contributed by atoms with Gasteiger partial charge in [0.1, 0.15) is 5.41 Å². The van der Waals surface area contributed by atoms with Crippen molar-refractivity contribution in [3.63, 3.8) is 0 Å². The van der Waals surface area contributed by atoms with Crippen molar-refractivity contribution in [3.8, 4) is 6.07 Å². The van der Waals surface area contributed by atoms with Gasteiger partial charge >= 0.3 is 0 Å². The van der Waals surface area contributed by atoms with E-state index in [1.807, 2.05) is 12.1 Å². The highest BCUT2D eigenvalue weighted by Gasteiger charge is 2.48. The monoisotopic (exact) mass is 261 g/mol. The molecule has 0 aromatic heterocycles. The number of halogens is 1. The first-order chi connectivity index (χ1) is 8.73. The second-order valence-corrected chi connectivity index (χ2v) is 5.96. The molecular formula is C15H16ClNO. The Morgan fingerprint density at radius 1 is 1.33 bits per heavy atom. The van der Waals surface area contributed by atoms with E-state index in [1.165, 1.54) is 5.56 Å². The number of rotatable bonds is 2. The van der Waals surface area contributed by atoms with Gasteiger partial charge in [0.15, 0.2) is 0 Å². The first kappa shape index (κ1) is 12.0. The highest BCUT2D eigenvalue weighted by Crippen LogP contribution is 2.49. The quantitative estimate of drug-likeness (QED) is 0.812. The second kappa shape index (κ2) is 4.57. The van der Waals surface area contributed by atoms with Gasteiger partial charge in [0.2, 0.25) is 0 Å². The van der Waals surface area contributed by atoms with E-state index in [2.05, 4.69) is 18.2 Å². The van der Waals surface area contributed by atoms with E-state index in [0.29, 0.717) is 25.0 Å². The molecule has 0 amide bonds. The van der Waals surface area contributed by atoms with Gasteiger partial charge in [-0.2, -0.15) is 5.26 Å². The molecule has 0 radical (unpaired) electrons. The summed E-state index contributed by atoms with van der Waals surface area (Å²) < 4.78 is 5.26. The number of hydrogen-bond acceptors (Lipinski definition) is 2. The van der Waals surface area contributed by atoms with Crippen molar-refractivity contribution in [1.29, 1.82) is 5.26 Å². The minimum absolute atomic E-state index is 0.201. The molecule has 1 saturated carbocycles. The normalized spacial score (nSPS) is 29.6. The molecule has 0 bridgehead atoms. The molecule has 18 heavy (non-hydrogen) atoms. The predicted molar refractivity (Wildman–Crippen MR) is 70.4 cm³/mol. The molecule has 1 heterocycles. The molecule has 1 aliphatic carbocycles. The predicted octanol–water partition coefficient (Wildman–Crippen LogP) is 3.76. The molecule has 1 saturated heterocycles. The van der Waals surface area contributed by atoms with Crippen molar-refractivity contribution in [3.05, 3.63) is 34.9 Å². The molecule has 3 heteroatoms. The van der Waals surface area contributed by atoms with Crippen LogP contribution in [0.4, 0.5) is 0 Å². The highest BCUT2D eigenvalue weighted by atomic mass is 35.5. The summed E-state index contributed by atoms with van der Waals surface area (Å²) >= 11 is 6.04. The molecule has 94 valence electrons. The summed E-state index contributed by atoms with van der Waals surface area (Å²) in [4.78, 5) is 0.